The van der Waals surface area contributed by atoms with Gasteiger partial charge in [-0.25, -0.2) is 4.39 Å². The SMILES string of the molecule is O=C([C@@H]1CC(c2ccccc2F)=NO1)N1CCc2ccccc2C1. The number of oxime groups is 1. The zero-order valence-corrected chi connectivity index (χ0v) is 13.1. The van der Waals surface area contributed by atoms with Crippen molar-refractivity contribution < 1.29 is 14.0 Å². The van der Waals surface area contributed by atoms with Crippen molar-refractivity contribution in [2.75, 3.05) is 6.54 Å². The topological polar surface area (TPSA) is 41.9 Å². The summed E-state index contributed by atoms with van der Waals surface area (Å²) in [7, 11) is 0. The van der Waals surface area contributed by atoms with E-state index in [1.54, 1.807) is 23.1 Å². The summed E-state index contributed by atoms with van der Waals surface area (Å²) in [6.07, 6.45) is 0.484. The van der Waals surface area contributed by atoms with Crippen LogP contribution in [0, 0.1) is 5.82 Å². The summed E-state index contributed by atoms with van der Waals surface area (Å²) in [6, 6.07) is 14.6. The maximum absolute atomic E-state index is 13.9. The summed E-state index contributed by atoms with van der Waals surface area (Å²) in [6.45, 7) is 1.26. The number of amides is 1. The first-order valence-corrected chi connectivity index (χ1v) is 8.05. The number of hydrogen-bond donors (Lipinski definition) is 0. The lowest BCUT2D eigenvalue weighted by molar-refractivity contribution is -0.143. The molecule has 1 amide bonds. The van der Waals surface area contributed by atoms with Crippen molar-refractivity contribution in [2.24, 2.45) is 5.16 Å². The molecular formula is C19H17FN2O2. The van der Waals surface area contributed by atoms with Gasteiger partial charge in [0.25, 0.3) is 5.91 Å². The minimum Gasteiger partial charge on any atom is -0.382 e. The summed E-state index contributed by atoms with van der Waals surface area (Å²) in [5.74, 6) is -0.431. The molecule has 2 aromatic rings. The predicted octanol–water partition coefficient (Wildman–Crippen LogP) is 2.90. The minimum atomic E-state index is -0.662. The average molecular weight is 324 g/mol. The molecule has 2 aliphatic rings. The number of carbonyl (C=O) groups excluding carboxylic acids is 1. The second-order valence-corrected chi connectivity index (χ2v) is 6.09. The van der Waals surface area contributed by atoms with E-state index in [4.69, 9.17) is 4.84 Å². The second kappa shape index (κ2) is 6.07. The molecule has 0 saturated heterocycles. The Labute approximate surface area is 139 Å². The molecule has 122 valence electrons. The molecule has 4 nitrogen and oxygen atoms in total. The molecule has 24 heavy (non-hydrogen) atoms. The molecule has 0 bridgehead atoms. The quantitative estimate of drug-likeness (QED) is 0.852. The number of fused-ring (bicyclic) bond motifs is 1. The molecule has 0 radical (unpaired) electrons. The van der Waals surface area contributed by atoms with Crippen LogP contribution in [0.2, 0.25) is 0 Å². The van der Waals surface area contributed by atoms with E-state index in [0.717, 1.165) is 6.42 Å². The summed E-state index contributed by atoms with van der Waals surface area (Å²) >= 11 is 0. The van der Waals surface area contributed by atoms with Gasteiger partial charge in [-0.15, -0.1) is 0 Å². The van der Waals surface area contributed by atoms with Gasteiger partial charge in [0.05, 0.1) is 5.71 Å². The van der Waals surface area contributed by atoms with Gasteiger partial charge in [-0.2, -0.15) is 0 Å². The van der Waals surface area contributed by atoms with Crippen LogP contribution in [0.4, 0.5) is 4.39 Å². The molecule has 5 heteroatoms. The summed E-state index contributed by atoms with van der Waals surface area (Å²) < 4.78 is 13.9. The van der Waals surface area contributed by atoms with Gasteiger partial charge < -0.3 is 9.74 Å². The highest BCUT2D eigenvalue weighted by Gasteiger charge is 2.34. The molecule has 0 aromatic heterocycles. The number of hydrogen-bond acceptors (Lipinski definition) is 3. The van der Waals surface area contributed by atoms with Crippen LogP contribution in [0.25, 0.3) is 0 Å². The Morgan fingerprint density at radius 3 is 2.71 bits per heavy atom. The van der Waals surface area contributed by atoms with Crippen LogP contribution in [0.5, 0.6) is 0 Å². The van der Waals surface area contributed by atoms with Gasteiger partial charge in [-0.05, 0) is 23.6 Å². The lowest BCUT2D eigenvalue weighted by atomic mass is 9.98. The van der Waals surface area contributed by atoms with Crippen LogP contribution in [0.15, 0.2) is 53.7 Å². The Morgan fingerprint density at radius 2 is 1.88 bits per heavy atom. The number of nitrogens with zero attached hydrogens (tertiary/aromatic N) is 2. The van der Waals surface area contributed by atoms with Crippen LogP contribution in [0.1, 0.15) is 23.1 Å². The van der Waals surface area contributed by atoms with E-state index in [9.17, 15) is 9.18 Å². The van der Waals surface area contributed by atoms with Crippen molar-refractivity contribution in [3.8, 4) is 0 Å². The van der Waals surface area contributed by atoms with E-state index >= 15 is 0 Å². The molecule has 0 aliphatic carbocycles. The molecule has 0 spiro atoms. The third-order valence-electron chi connectivity index (χ3n) is 4.57. The fourth-order valence-corrected chi connectivity index (χ4v) is 3.25. The van der Waals surface area contributed by atoms with E-state index in [2.05, 4.69) is 11.2 Å². The van der Waals surface area contributed by atoms with Crippen LogP contribution < -0.4 is 0 Å². The predicted molar refractivity (Wildman–Crippen MR) is 88.0 cm³/mol. The highest BCUT2D eigenvalue weighted by molar-refractivity contribution is 6.04. The lowest BCUT2D eigenvalue weighted by Crippen LogP contribution is -2.42. The second-order valence-electron chi connectivity index (χ2n) is 6.09. The number of halogens is 1. The van der Waals surface area contributed by atoms with Crippen molar-refractivity contribution in [1.82, 2.24) is 4.90 Å². The Bertz CT molecular complexity index is 819. The average Bonchev–Trinajstić information content (AvgIpc) is 3.11. The highest BCUT2D eigenvalue weighted by Crippen LogP contribution is 2.24. The number of benzene rings is 2. The lowest BCUT2D eigenvalue weighted by Gasteiger charge is -2.30. The zero-order chi connectivity index (χ0) is 16.5. The van der Waals surface area contributed by atoms with E-state index in [1.807, 2.05) is 18.2 Å². The van der Waals surface area contributed by atoms with Crippen molar-refractivity contribution >= 4 is 11.6 Å². The normalized spacial score (nSPS) is 19.5. The molecule has 1 atom stereocenters. The largest absolute Gasteiger partial charge is 0.382 e. The fraction of sp³-hybridized carbons (Fsp3) is 0.263. The van der Waals surface area contributed by atoms with Gasteiger partial charge in [0.2, 0.25) is 6.10 Å². The number of carbonyl (C=O) groups is 1. The molecule has 0 saturated carbocycles. The van der Waals surface area contributed by atoms with Crippen LogP contribution in [-0.2, 0) is 22.6 Å². The fourth-order valence-electron chi connectivity index (χ4n) is 3.25. The zero-order valence-electron chi connectivity index (χ0n) is 13.1. The van der Waals surface area contributed by atoms with E-state index in [1.165, 1.54) is 17.2 Å². The first-order chi connectivity index (χ1) is 11.7. The molecule has 0 N–H and O–H groups in total. The Balaban J connectivity index is 1.45. The van der Waals surface area contributed by atoms with Crippen LogP contribution in [-0.4, -0.2) is 29.2 Å². The Hall–Kier alpha value is -2.69. The van der Waals surface area contributed by atoms with Gasteiger partial charge in [-0.1, -0.05) is 47.6 Å². The molecular weight excluding hydrogens is 307 g/mol. The van der Waals surface area contributed by atoms with Crippen molar-refractivity contribution in [3.63, 3.8) is 0 Å². The smallest absolute Gasteiger partial charge is 0.267 e. The van der Waals surface area contributed by atoms with Crippen LogP contribution in [0.3, 0.4) is 0 Å². The number of rotatable bonds is 2. The first kappa shape index (κ1) is 14.9. The third kappa shape index (κ3) is 2.66. The molecule has 0 unspecified atom stereocenters. The highest BCUT2D eigenvalue weighted by atomic mass is 19.1. The molecule has 2 heterocycles. The molecule has 2 aliphatic heterocycles. The third-order valence-corrected chi connectivity index (χ3v) is 4.57. The van der Waals surface area contributed by atoms with E-state index < -0.39 is 6.10 Å². The van der Waals surface area contributed by atoms with Gasteiger partial charge >= 0.3 is 0 Å². The van der Waals surface area contributed by atoms with Crippen molar-refractivity contribution in [3.05, 3.63) is 71.0 Å². The molecule has 2 aromatic carbocycles. The minimum absolute atomic E-state index is 0.0837. The summed E-state index contributed by atoms with van der Waals surface area (Å²) in [4.78, 5) is 19.8. The summed E-state index contributed by atoms with van der Waals surface area (Å²) in [5, 5.41) is 3.94. The Kier molecular flexibility index (Phi) is 3.76. The molecule has 0 fully saturated rings. The Morgan fingerprint density at radius 1 is 1.12 bits per heavy atom. The van der Waals surface area contributed by atoms with Gasteiger partial charge in [-0.3, -0.25) is 4.79 Å². The van der Waals surface area contributed by atoms with E-state index in [-0.39, 0.29) is 11.7 Å². The van der Waals surface area contributed by atoms with Crippen molar-refractivity contribution in [2.45, 2.75) is 25.5 Å². The maximum atomic E-state index is 13.9. The first-order valence-electron chi connectivity index (χ1n) is 8.05. The van der Waals surface area contributed by atoms with Gasteiger partial charge in [0.15, 0.2) is 0 Å². The standard InChI is InChI=1S/C19H17FN2O2/c20-16-8-4-3-7-15(16)17-11-18(24-21-17)19(23)22-10-9-13-5-1-2-6-14(13)12-22/h1-8,18H,9-12H2/t18-/m0/s1. The van der Waals surface area contributed by atoms with E-state index in [0.29, 0.717) is 30.8 Å². The van der Waals surface area contributed by atoms with Gasteiger partial charge in [0.1, 0.15) is 5.82 Å². The monoisotopic (exact) mass is 324 g/mol. The van der Waals surface area contributed by atoms with Crippen molar-refractivity contribution in [1.29, 1.82) is 0 Å². The van der Waals surface area contributed by atoms with Gasteiger partial charge in [0, 0.05) is 25.1 Å². The molecule has 4 rings (SSSR count). The maximum Gasteiger partial charge on any atom is 0.267 e. The summed E-state index contributed by atoms with van der Waals surface area (Å²) in [5.41, 5.74) is 3.35. The van der Waals surface area contributed by atoms with Crippen LogP contribution >= 0.6 is 0 Å².